The van der Waals surface area contributed by atoms with Crippen LogP contribution >= 0.6 is 0 Å². The Labute approximate surface area is 123 Å². The van der Waals surface area contributed by atoms with E-state index in [1.165, 1.54) is 25.3 Å². The van der Waals surface area contributed by atoms with Gasteiger partial charge in [0.15, 0.2) is 11.6 Å². The number of carbonyl (C=O) groups is 1. The Balaban J connectivity index is 1.94. The summed E-state index contributed by atoms with van der Waals surface area (Å²) < 4.78 is 18.3. The van der Waals surface area contributed by atoms with Crippen LogP contribution in [0.2, 0.25) is 0 Å². The van der Waals surface area contributed by atoms with E-state index in [-0.39, 0.29) is 30.2 Å². The number of amides is 1. The SMILES string of the molecule is COc1ccc(/C=C/C(=O)NC2CCCC2CO)cc1F. The molecular formula is C16H20FNO3. The first kappa shape index (κ1) is 15.5. The van der Waals surface area contributed by atoms with Gasteiger partial charge in [-0.25, -0.2) is 4.39 Å². The minimum atomic E-state index is -0.462. The van der Waals surface area contributed by atoms with E-state index in [1.807, 2.05) is 0 Å². The zero-order chi connectivity index (χ0) is 15.2. The summed E-state index contributed by atoms with van der Waals surface area (Å²) >= 11 is 0. The van der Waals surface area contributed by atoms with Crippen molar-refractivity contribution in [2.45, 2.75) is 25.3 Å². The first-order valence-electron chi connectivity index (χ1n) is 7.07. The molecule has 0 saturated heterocycles. The molecule has 0 radical (unpaired) electrons. The molecule has 114 valence electrons. The summed E-state index contributed by atoms with van der Waals surface area (Å²) in [6.07, 6.45) is 5.79. The zero-order valence-corrected chi connectivity index (χ0v) is 12.0. The molecule has 0 heterocycles. The molecule has 0 aromatic heterocycles. The van der Waals surface area contributed by atoms with Gasteiger partial charge in [0.2, 0.25) is 5.91 Å². The number of methoxy groups -OCH3 is 1. The van der Waals surface area contributed by atoms with Gasteiger partial charge in [0.1, 0.15) is 0 Å². The molecule has 1 aliphatic carbocycles. The molecule has 2 rings (SSSR count). The van der Waals surface area contributed by atoms with Crippen molar-refractivity contribution in [1.29, 1.82) is 0 Å². The molecule has 2 unspecified atom stereocenters. The molecule has 21 heavy (non-hydrogen) atoms. The zero-order valence-electron chi connectivity index (χ0n) is 12.0. The standard InChI is InChI=1S/C16H20FNO3/c1-21-15-7-5-11(9-13(15)17)6-8-16(20)18-14-4-2-3-12(14)10-19/h5-9,12,14,19H,2-4,10H2,1H3,(H,18,20)/b8-6+. The van der Waals surface area contributed by atoms with Gasteiger partial charge >= 0.3 is 0 Å². The third-order valence-electron chi connectivity index (χ3n) is 3.82. The average molecular weight is 293 g/mol. The highest BCUT2D eigenvalue weighted by Crippen LogP contribution is 2.25. The summed E-state index contributed by atoms with van der Waals surface area (Å²) in [6.45, 7) is 0.0956. The first-order valence-corrected chi connectivity index (χ1v) is 7.07. The van der Waals surface area contributed by atoms with Crippen LogP contribution in [0, 0.1) is 11.7 Å². The molecule has 0 aliphatic heterocycles. The smallest absolute Gasteiger partial charge is 0.244 e. The molecule has 1 aliphatic rings. The highest BCUT2D eigenvalue weighted by Gasteiger charge is 2.27. The van der Waals surface area contributed by atoms with E-state index < -0.39 is 5.82 Å². The van der Waals surface area contributed by atoms with Crippen LogP contribution in [0.4, 0.5) is 4.39 Å². The van der Waals surface area contributed by atoms with Crippen molar-refractivity contribution in [1.82, 2.24) is 5.32 Å². The van der Waals surface area contributed by atoms with Crippen LogP contribution in [0.25, 0.3) is 6.08 Å². The predicted molar refractivity (Wildman–Crippen MR) is 78.3 cm³/mol. The van der Waals surface area contributed by atoms with Crippen molar-refractivity contribution in [3.8, 4) is 5.75 Å². The van der Waals surface area contributed by atoms with Crippen LogP contribution in [0.1, 0.15) is 24.8 Å². The lowest BCUT2D eigenvalue weighted by Crippen LogP contribution is -2.37. The second-order valence-corrected chi connectivity index (χ2v) is 5.22. The number of rotatable bonds is 5. The summed E-state index contributed by atoms with van der Waals surface area (Å²) in [5, 5.41) is 12.1. The second kappa shape index (κ2) is 7.22. The Bertz CT molecular complexity index is 530. The fourth-order valence-electron chi connectivity index (χ4n) is 2.63. The summed E-state index contributed by atoms with van der Waals surface area (Å²) in [7, 11) is 1.40. The van der Waals surface area contributed by atoms with Crippen LogP contribution < -0.4 is 10.1 Å². The van der Waals surface area contributed by atoms with Gasteiger partial charge in [0.05, 0.1) is 7.11 Å². The van der Waals surface area contributed by atoms with Gasteiger partial charge in [0, 0.05) is 24.6 Å². The van der Waals surface area contributed by atoms with E-state index in [0.717, 1.165) is 19.3 Å². The van der Waals surface area contributed by atoms with Crippen molar-refractivity contribution in [2.24, 2.45) is 5.92 Å². The van der Waals surface area contributed by atoms with E-state index in [4.69, 9.17) is 4.74 Å². The second-order valence-electron chi connectivity index (χ2n) is 5.22. The molecular weight excluding hydrogens is 273 g/mol. The number of aliphatic hydroxyl groups excluding tert-OH is 1. The van der Waals surface area contributed by atoms with Crippen LogP contribution in [-0.4, -0.2) is 30.8 Å². The van der Waals surface area contributed by atoms with Crippen molar-refractivity contribution in [3.05, 3.63) is 35.7 Å². The van der Waals surface area contributed by atoms with Gasteiger partial charge in [-0.1, -0.05) is 12.5 Å². The molecule has 1 aromatic rings. The molecule has 4 nitrogen and oxygen atoms in total. The van der Waals surface area contributed by atoms with Gasteiger partial charge in [-0.05, 0) is 36.6 Å². The maximum atomic E-state index is 13.5. The van der Waals surface area contributed by atoms with Gasteiger partial charge in [-0.2, -0.15) is 0 Å². The highest BCUT2D eigenvalue weighted by atomic mass is 19.1. The van der Waals surface area contributed by atoms with E-state index in [2.05, 4.69) is 5.32 Å². The maximum Gasteiger partial charge on any atom is 0.244 e. The number of hydrogen-bond donors (Lipinski definition) is 2. The monoisotopic (exact) mass is 293 g/mol. The number of benzene rings is 1. The molecule has 1 amide bonds. The number of carbonyl (C=O) groups excluding carboxylic acids is 1. The largest absolute Gasteiger partial charge is 0.494 e. The molecule has 1 saturated carbocycles. The summed E-state index contributed by atoms with van der Waals surface area (Å²) in [4.78, 5) is 11.8. The Morgan fingerprint density at radius 3 is 3.00 bits per heavy atom. The topological polar surface area (TPSA) is 58.6 Å². The van der Waals surface area contributed by atoms with E-state index in [1.54, 1.807) is 12.1 Å². The van der Waals surface area contributed by atoms with E-state index >= 15 is 0 Å². The lowest BCUT2D eigenvalue weighted by molar-refractivity contribution is -0.117. The third-order valence-corrected chi connectivity index (χ3v) is 3.82. The lowest BCUT2D eigenvalue weighted by atomic mass is 10.1. The predicted octanol–water partition coefficient (Wildman–Crippen LogP) is 2.12. The van der Waals surface area contributed by atoms with E-state index in [0.29, 0.717) is 5.56 Å². The molecule has 2 atom stereocenters. The minimum absolute atomic E-state index is 0.0275. The van der Waals surface area contributed by atoms with Crippen LogP contribution in [0.15, 0.2) is 24.3 Å². The van der Waals surface area contributed by atoms with Crippen LogP contribution in [0.3, 0.4) is 0 Å². The quantitative estimate of drug-likeness (QED) is 0.818. The maximum absolute atomic E-state index is 13.5. The van der Waals surface area contributed by atoms with Crippen molar-refractivity contribution < 1.29 is 19.0 Å². The number of halogens is 1. The molecule has 5 heteroatoms. The van der Waals surface area contributed by atoms with Crippen LogP contribution in [-0.2, 0) is 4.79 Å². The van der Waals surface area contributed by atoms with E-state index in [9.17, 15) is 14.3 Å². The van der Waals surface area contributed by atoms with Crippen molar-refractivity contribution in [2.75, 3.05) is 13.7 Å². The number of ether oxygens (including phenoxy) is 1. The minimum Gasteiger partial charge on any atom is -0.494 e. The summed E-state index contributed by atoms with van der Waals surface area (Å²) in [5.74, 6) is -0.373. The molecule has 0 spiro atoms. The van der Waals surface area contributed by atoms with Crippen LogP contribution in [0.5, 0.6) is 5.75 Å². The number of aliphatic hydroxyl groups is 1. The Hall–Kier alpha value is -1.88. The summed E-state index contributed by atoms with van der Waals surface area (Å²) in [6, 6.07) is 4.54. The van der Waals surface area contributed by atoms with Gasteiger partial charge < -0.3 is 15.2 Å². The summed E-state index contributed by atoms with van der Waals surface area (Å²) in [5.41, 5.74) is 0.591. The normalized spacial score (nSPS) is 21.7. The average Bonchev–Trinajstić information content (AvgIpc) is 2.92. The van der Waals surface area contributed by atoms with Crippen molar-refractivity contribution in [3.63, 3.8) is 0 Å². The molecule has 2 N–H and O–H groups in total. The molecule has 1 aromatic carbocycles. The highest BCUT2D eigenvalue weighted by molar-refractivity contribution is 5.91. The van der Waals surface area contributed by atoms with Gasteiger partial charge in [-0.3, -0.25) is 4.79 Å². The van der Waals surface area contributed by atoms with Crippen molar-refractivity contribution >= 4 is 12.0 Å². The Morgan fingerprint density at radius 2 is 2.33 bits per heavy atom. The molecule has 1 fully saturated rings. The lowest BCUT2D eigenvalue weighted by Gasteiger charge is -2.17. The fraction of sp³-hybridized carbons (Fsp3) is 0.438. The third kappa shape index (κ3) is 4.04. The number of nitrogens with one attached hydrogen (secondary N) is 1. The van der Waals surface area contributed by atoms with Gasteiger partial charge in [0.25, 0.3) is 0 Å². The Kier molecular flexibility index (Phi) is 5.33. The fourth-order valence-corrected chi connectivity index (χ4v) is 2.63. The number of hydrogen-bond acceptors (Lipinski definition) is 3. The van der Waals surface area contributed by atoms with Gasteiger partial charge in [-0.15, -0.1) is 0 Å². The molecule has 0 bridgehead atoms. The first-order chi connectivity index (χ1) is 10.1. The Morgan fingerprint density at radius 1 is 1.52 bits per heavy atom.